The molecule has 2 aromatic rings. The molecule has 0 atom stereocenters. The van der Waals surface area contributed by atoms with Crippen molar-refractivity contribution < 1.29 is 0 Å². The maximum atomic E-state index is 4.76. The lowest BCUT2D eigenvalue weighted by Gasteiger charge is -2.15. The molecular weight excluding hydrogens is 326 g/mol. The van der Waals surface area contributed by atoms with E-state index in [1.807, 2.05) is 0 Å². The van der Waals surface area contributed by atoms with Gasteiger partial charge in [0.1, 0.15) is 0 Å². The molecule has 1 aromatic heterocycles. The minimum Gasteiger partial charge on any atom is -0.310 e. The first kappa shape index (κ1) is 16.2. The molecule has 114 valence electrons. The fraction of sp³-hybridized carbons (Fsp3) is 0.471. The van der Waals surface area contributed by atoms with Gasteiger partial charge in [-0.2, -0.15) is 5.10 Å². The lowest BCUT2D eigenvalue weighted by molar-refractivity contribution is 0.585. The van der Waals surface area contributed by atoms with E-state index < -0.39 is 0 Å². The minimum absolute atomic E-state index is 0.464. The molecule has 4 heteroatoms. The number of nitrogens with zero attached hydrogens (tertiary/aromatic N) is 2. The molecule has 1 N–H and O–H groups in total. The van der Waals surface area contributed by atoms with Gasteiger partial charge in [0.15, 0.2) is 0 Å². The Morgan fingerprint density at radius 3 is 2.57 bits per heavy atom. The van der Waals surface area contributed by atoms with Crippen LogP contribution in [-0.4, -0.2) is 15.8 Å². The molecule has 0 bridgehead atoms. The zero-order valence-corrected chi connectivity index (χ0v) is 14.9. The van der Waals surface area contributed by atoms with Crippen molar-refractivity contribution in [3.8, 4) is 5.69 Å². The summed E-state index contributed by atoms with van der Waals surface area (Å²) in [6.45, 7) is 9.50. The van der Waals surface area contributed by atoms with Crippen LogP contribution in [0, 0.1) is 0 Å². The van der Waals surface area contributed by atoms with Gasteiger partial charge in [-0.15, -0.1) is 0 Å². The summed E-state index contributed by atoms with van der Waals surface area (Å²) in [4.78, 5) is 0. The van der Waals surface area contributed by atoms with Gasteiger partial charge in [0.25, 0.3) is 0 Å². The highest BCUT2D eigenvalue weighted by molar-refractivity contribution is 9.10. The molecule has 0 saturated carbocycles. The fourth-order valence-electron chi connectivity index (χ4n) is 2.32. The van der Waals surface area contributed by atoms with Gasteiger partial charge in [0, 0.05) is 22.8 Å². The Morgan fingerprint density at radius 1 is 1.19 bits per heavy atom. The van der Waals surface area contributed by atoms with Gasteiger partial charge >= 0.3 is 0 Å². The lowest BCUT2D eigenvalue weighted by Crippen LogP contribution is -2.23. The molecule has 1 aromatic carbocycles. The molecular formula is C17H24BrN3. The maximum absolute atomic E-state index is 4.76. The number of hydrogen-bond donors (Lipinski definition) is 1. The third-order valence-electron chi connectivity index (χ3n) is 3.53. The second-order valence-corrected chi connectivity index (χ2v) is 6.47. The molecule has 2 rings (SSSR count). The Labute approximate surface area is 135 Å². The number of aromatic nitrogens is 2. The second kappa shape index (κ2) is 7.23. The summed E-state index contributed by atoms with van der Waals surface area (Å²) in [5.41, 5.74) is 4.85. The van der Waals surface area contributed by atoms with Gasteiger partial charge in [-0.3, -0.25) is 0 Å². The summed E-state index contributed by atoms with van der Waals surface area (Å²) in [6, 6.07) is 9.08. The van der Waals surface area contributed by atoms with Crippen molar-refractivity contribution in [2.45, 2.75) is 53.1 Å². The third-order valence-corrected chi connectivity index (χ3v) is 4.02. The van der Waals surface area contributed by atoms with Crippen molar-refractivity contribution in [3.05, 3.63) is 45.7 Å². The summed E-state index contributed by atoms with van der Waals surface area (Å²) in [6.07, 6.45) is 1.95. The summed E-state index contributed by atoms with van der Waals surface area (Å²) in [5, 5.41) is 8.26. The smallest absolute Gasteiger partial charge is 0.0694 e. The van der Waals surface area contributed by atoms with Crippen molar-refractivity contribution in [3.63, 3.8) is 0 Å². The van der Waals surface area contributed by atoms with E-state index in [2.05, 4.69) is 77.9 Å². The molecule has 0 radical (unpaired) electrons. The van der Waals surface area contributed by atoms with Gasteiger partial charge < -0.3 is 5.32 Å². The Hall–Kier alpha value is -1.13. The number of nitrogens with one attached hydrogen (secondary N) is 1. The summed E-state index contributed by atoms with van der Waals surface area (Å²) in [7, 11) is 0. The molecule has 0 aliphatic carbocycles. The zero-order chi connectivity index (χ0) is 15.4. The molecule has 1 heterocycles. The van der Waals surface area contributed by atoms with E-state index in [1.54, 1.807) is 0 Å². The molecule has 0 spiro atoms. The number of halogens is 1. The van der Waals surface area contributed by atoms with Gasteiger partial charge in [-0.05, 0) is 42.7 Å². The van der Waals surface area contributed by atoms with E-state index in [4.69, 9.17) is 5.10 Å². The number of benzene rings is 1. The topological polar surface area (TPSA) is 29.9 Å². The number of aryl methyl sites for hydroxylation is 2. The molecule has 0 amide bonds. The van der Waals surface area contributed by atoms with Crippen molar-refractivity contribution in [2.24, 2.45) is 0 Å². The van der Waals surface area contributed by atoms with Crippen LogP contribution in [0.1, 0.15) is 44.6 Å². The average molecular weight is 350 g/mol. The van der Waals surface area contributed by atoms with Crippen LogP contribution in [0.4, 0.5) is 0 Å². The van der Waals surface area contributed by atoms with Gasteiger partial charge in [0.05, 0.1) is 11.4 Å². The van der Waals surface area contributed by atoms with Crippen LogP contribution in [0.5, 0.6) is 0 Å². The van der Waals surface area contributed by atoms with E-state index in [9.17, 15) is 0 Å². The van der Waals surface area contributed by atoms with Crippen molar-refractivity contribution in [1.82, 2.24) is 15.1 Å². The van der Waals surface area contributed by atoms with Gasteiger partial charge in [-0.25, -0.2) is 4.68 Å². The van der Waals surface area contributed by atoms with E-state index in [0.717, 1.165) is 29.6 Å². The van der Waals surface area contributed by atoms with Crippen LogP contribution in [-0.2, 0) is 19.4 Å². The fourth-order valence-corrected chi connectivity index (χ4v) is 2.73. The van der Waals surface area contributed by atoms with Gasteiger partial charge in [-0.1, -0.05) is 43.6 Å². The summed E-state index contributed by atoms with van der Waals surface area (Å²) in [5.74, 6) is 0. The number of rotatable bonds is 6. The van der Waals surface area contributed by atoms with Crippen LogP contribution in [0.15, 0.2) is 28.7 Å². The van der Waals surface area contributed by atoms with Crippen LogP contribution >= 0.6 is 15.9 Å². The maximum Gasteiger partial charge on any atom is 0.0694 e. The largest absolute Gasteiger partial charge is 0.310 e. The normalized spacial score (nSPS) is 11.3. The number of hydrogen-bond acceptors (Lipinski definition) is 2. The standard InChI is InChI=1S/C17H24BrN3/c1-5-15-10-16(6-2)21(20-15)17-8-7-14(18)9-13(17)11-19-12(3)4/h7-10,12,19H,5-6,11H2,1-4H3. The third kappa shape index (κ3) is 3.95. The van der Waals surface area contributed by atoms with Crippen molar-refractivity contribution >= 4 is 15.9 Å². The lowest BCUT2D eigenvalue weighted by atomic mass is 10.1. The molecule has 0 fully saturated rings. The highest BCUT2D eigenvalue weighted by Crippen LogP contribution is 2.22. The van der Waals surface area contributed by atoms with Crippen LogP contribution in [0.3, 0.4) is 0 Å². The van der Waals surface area contributed by atoms with E-state index in [0.29, 0.717) is 6.04 Å². The van der Waals surface area contributed by atoms with E-state index >= 15 is 0 Å². The predicted octanol–water partition coefficient (Wildman–Crippen LogP) is 4.26. The SMILES string of the molecule is CCc1cc(CC)n(-c2ccc(Br)cc2CNC(C)C)n1. The first-order chi connectivity index (χ1) is 10.0. The van der Waals surface area contributed by atoms with E-state index in [1.165, 1.54) is 16.9 Å². The monoisotopic (exact) mass is 349 g/mol. The van der Waals surface area contributed by atoms with Gasteiger partial charge in [0.2, 0.25) is 0 Å². The first-order valence-corrected chi connectivity index (χ1v) is 8.44. The molecule has 0 saturated heterocycles. The second-order valence-electron chi connectivity index (χ2n) is 5.55. The van der Waals surface area contributed by atoms with Crippen LogP contribution < -0.4 is 5.32 Å². The highest BCUT2D eigenvalue weighted by atomic mass is 79.9. The molecule has 0 unspecified atom stereocenters. The van der Waals surface area contributed by atoms with Crippen molar-refractivity contribution in [1.29, 1.82) is 0 Å². The van der Waals surface area contributed by atoms with E-state index in [-0.39, 0.29) is 0 Å². The average Bonchev–Trinajstić information content (AvgIpc) is 2.88. The summed E-state index contributed by atoms with van der Waals surface area (Å²) >= 11 is 3.57. The molecule has 0 aliphatic heterocycles. The van der Waals surface area contributed by atoms with Crippen LogP contribution in [0.2, 0.25) is 0 Å². The Morgan fingerprint density at radius 2 is 1.95 bits per heavy atom. The predicted molar refractivity (Wildman–Crippen MR) is 92.0 cm³/mol. The minimum atomic E-state index is 0.464. The Kier molecular flexibility index (Phi) is 5.59. The highest BCUT2D eigenvalue weighted by Gasteiger charge is 2.12. The molecule has 3 nitrogen and oxygen atoms in total. The van der Waals surface area contributed by atoms with Crippen molar-refractivity contribution in [2.75, 3.05) is 0 Å². The Balaban J connectivity index is 2.44. The first-order valence-electron chi connectivity index (χ1n) is 7.65. The van der Waals surface area contributed by atoms with Crippen LogP contribution in [0.25, 0.3) is 5.69 Å². The Bertz CT molecular complexity index is 602. The summed E-state index contributed by atoms with van der Waals surface area (Å²) < 4.78 is 3.20. The molecule has 0 aliphatic rings. The molecule has 21 heavy (non-hydrogen) atoms. The quantitative estimate of drug-likeness (QED) is 0.844. The zero-order valence-electron chi connectivity index (χ0n) is 13.3.